The fourth-order valence-corrected chi connectivity index (χ4v) is 2.93. The lowest BCUT2D eigenvalue weighted by molar-refractivity contribution is 0.100. The van der Waals surface area contributed by atoms with E-state index < -0.39 is 6.10 Å². The van der Waals surface area contributed by atoms with E-state index in [1.165, 1.54) is 18.5 Å². The van der Waals surface area contributed by atoms with Crippen molar-refractivity contribution in [2.75, 3.05) is 13.1 Å². The smallest absolute Gasteiger partial charge is 0.137 e. The first-order valence-electron chi connectivity index (χ1n) is 7.22. The van der Waals surface area contributed by atoms with E-state index >= 15 is 0 Å². The van der Waals surface area contributed by atoms with E-state index in [0.29, 0.717) is 18.2 Å². The van der Waals surface area contributed by atoms with Gasteiger partial charge in [-0.1, -0.05) is 12.1 Å². The van der Waals surface area contributed by atoms with Crippen LogP contribution in [0.25, 0.3) is 0 Å². The SMILES string of the molecule is OC(CN1CCCC1Cn1cncn1)c1cccc(F)c1. The molecule has 21 heavy (non-hydrogen) atoms. The Morgan fingerprint density at radius 3 is 3.10 bits per heavy atom. The number of halogens is 1. The van der Waals surface area contributed by atoms with E-state index in [9.17, 15) is 9.50 Å². The van der Waals surface area contributed by atoms with Crippen LogP contribution in [0.15, 0.2) is 36.9 Å². The van der Waals surface area contributed by atoms with Crippen LogP contribution in [-0.4, -0.2) is 43.9 Å². The number of hydrogen-bond donors (Lipinski definition) is 1. The molecule has 1 aromatic carbocycles. The van der Waals surface area contributed by atoms with Crippen molar-refractivity contribution in [1.82, 2.24) is 19.7 Å². The predicted molar refractivity (Wildman–Crippen MR) is 76.0 cm³/mol. The van der Waals surface area contributed by atoms with Gasteiger partial charge in [0.15, 0.2) is 0 Å². The fraction of sp³-hybridized carbons (Fsp3) is 0.467. The van der Waals surface area contributed by atoms with E-state index in [1.807, 2.05) is 4.68 Å². The van der Waals surface area contributed by atoms with Crippen molar-refractivity contribution in [3.8, 4) is 0 Å². The molecule has 1 aromatic heterocycles. The quantitative estimate of drug-likeness (QED) is 0.909. The largest absolute Gasteiger partial charge is 0.387 e. The summed E-state index contributed by atoms with van der Waals surface area (Å²) in [5, 5.41) is 14.4. The van der Waals surface area contributed by atoms with Crippen molar-refractivity contribution in [3.63, 3.8) is 0 Å². The van der Waals surface area contributed by atoms with Crippen LogP contribution < -0.4 is 0 Å². The number of aromatic nitrogens is 3. The average Bonchev–Trinajstić information content (AvgIpc) is 3.12. The molecule has 0 radical (unpaired) electrons. The summed E-state index contributed by atoms with van der Waals surface area (Å²) in [4.78, 5) is 6.20. The van der Waals surface area contributed by atoms with Crippen LogP contribution in [0.4, 0.5) is 4.39 Å². The van der Waals surface area contributed by atoms with Crippen molar-refractivity contribution in [2.45, 2.75) is 31.5 Å². The van der Waals surface area contributed by atoms with Crippen molar-refractivity contribution in [1.29, 1.82) is 0 Å². The Morgan fingerprint density at radius 1 is 1.43 bits per heavy atom. The highest BCUT2D eigenvalue weighted by atomic mass is 19.1. The van der Waals surface area contributed by atoms with Crippen LogP contribution in [0.2, 0.25) is 0 Å². The Labute approximate surface area is 123 Å². The van der Waals surface area contributed by atoms with Crippen molar-refractivity contribution in [3.05, 3.63) is 48.3 Å². The van der Waals surface area contributed by atoms with Gasteiger partial charge in [-0.3, -0.25) is 9.58 Å². The molecule has 0 spiro atoms. The summed E-state index contributed by atoms with van der Waals surface area (Å²) in [6.45, 7) is 2.24. The number of aliphatic hydroxyl groups is 1. The predicted octanol–water partition coefficient (Wildman–Crippen LogP) is 1.62. The van der Waals surface area contributed by atoms with Gasteiger partial charge in [0.25, 0.3) is 0 Å². The van der Waals surface area contributed by atoms with Crippen LogP contribution >= 0.6 is 0 Å². The number of benzene rings is 1. The molecular weight excluding hydrogens is 271 g/mol. The van der Waals surface area contributed by atoms with Gasteiger partial charge in [-0.2, -0.15) is 5.10 Å². The highest BCUT2D eigenvalue weighted by Crippen LogP contribution is 2.23. The van der Waals surface area contributed by atoms with E-state index in [0.717, 1.165) is 25.9 Å². The highest BCUT2D eigenvalue weighted by molar-refractivity contribution is 5.19. The monoisotopic (exact) mass is 290 g/mol. The van der Waals surface area contributed by atoms with Gasteiger partial charge >= 0.3 is 0 Å². The summed E-state index contributed by atoms with van der Waals surface area (Å²) in [6.07, 6.45) is 4.75. The topological polar surface area (TPSA) is 54.2 Å². The zero-order chi connectivity index (χ0) is 14.7. The Morgan fingerprint density at radius 2 is 2.33 bits per heavy atom. The third kappa shape index (κ3) is 3.46. The maximum absolute atomic E-state index is 13.2. The van der Waals surface area contributed by atoms with Crippen molar-refractivity contribution in [2.24, 2.45) is 0 Å². The molecule has 0 bridgehead atoms. The van der Waals surface area contributed by atoms with Crippen molar-refractivity contribution >= 4 is 0 Å². The van der Waals surface area contributed by atoms with Gasteiger partial charge in [0.2, 0.25) is 0 Å². The molecule has 1 saturated heterocycles. The first-order valence-corrected chi connectivity index (χ1v) is 7.22. The molecule has 5 nitrogen and oxygen atoms in total. The summed E-state index contributed by atoms with van der Waals surface area (Å²) in [5.74, 6) is -0.313. The molecular formula is C15H19FN4O. The maximum Gasteiger partial charge on any atom is 0.137 e. The lowest BCUT2D eigenvalue weighted by Crippen LogP contribution is -2.36. The lowest BCUT2D eigenvalue weighted by Gasteiger charge is -2.26. The first kappa shape index (κ1) is 14.2. The molecule has 0 amide bonds. The zero-order valence-corrected chi connectivity index (χ0v) is 11.8. The lowest BCUT2D eigenvalue weighted by atomic mass is 10.1. The number of likely N-dealkylation sites (tertiary alicyclic amines) is 1. The Kier molecular flexibility index (Phi) is 4.26. The van der Waals surface area contributed by atoms with Gasteiger partial charge in [0.1, 0.15) is 18.5 Å². The molecule has 6 heteroatoms. The van der Waals surface area contributed by atoms with Crippen LogP contribution in [0.3, 0.4) is 0 Å². The minimum absolute atomic E-state index is 0.313. The van der Waals surface area contributed by atoms with Crippen molar-refractivity contribution < 1.29 is 9.50 Å². The standard InChI is InChI=1S/C15H19FN4O/c16-13-4-1-3-12(7-13)15(21)9-19-6-2-5-14(19)8-20-11-17-10-18-20/h1,3-4,7,10-11,14-15,21H,2,5-6,8-9H2. The van der Waals surface area contributed by atoms with Crippen LogP contribution in [-0.2, 0) is 6.54 Å². The van der Waals surface area contributed by atoms with Gasteiger partial charge in [0.05, 0.1) is 12.6 Å². The molecule has 1 N–H and O–H groups in total. The third-order valence-corrected chi connectivity index (χ3v) is 4.00. The molecule has 112 valence electrons. The van der Waals surface area contributed by atoms with Gasteiger partial charge in [0, 0.05) is 12.6 Å². The maximum atomic E-state index is 13.2. The van der Waals surface area contributed by atoms with E-state index in [-0.39, 0.29) is 5.82 Å². The molecule has 0 aliphatic carbocycles. The number of nitrogens with zero attached hydrogens (tertiary/aromatic N) is 4. The summed E-state index contributed by atoms with van der Waals surface area (Å²) in [5.41, 5.74) is 0.626. The second-order valence-electron chi connectivity index (χ2n) is 5.48. The molecule has 1 fully saturated rings. The summed E-state index contributed by atoms with van der Waals surface area (Å²) < 4.78 is 15.0. The summed E-state index contributed by atoms with van der Waals surface area (Å²) in [7, 11) is 0. The summed E-state index contributed by atoms with van der Waals surface area (Å²) >= 11 is 0. The molecule has 2 atom stereocenters. The second kappa shape index (κ2) is 6.32. The van der Waals surface area contributed by atoms with Gasteiger partial charge in [-0.25, -0.2) is 9.37 Å². The van der Waals surface area contributed by atoms with Gasteiger partial charge in [-0.05, 0) is 37.1 Å². The van der Waals surface area contributed by atoms with Crippen LogP contribution in [0.1, 0.15) is 24.5 Å². The van der Waals surface area contributed by atoms with E-state index in [2.05, 4.69) is 15.0 Å². The third-order valence-electron chi connectivity index (χ3n) is 4.00. The van der Waals surface area contributed by atoms with Crippen LogP contribution in [0, 0.1) is 5.82 Å². The molecule has 1 aliphatic heterocycles. The zero-order valence-electron chi connectivity index (χ0n) is 11.8. The fourth-order valence-electron chi connectivity index (χ4n) is 2.93. The number of rotatable bonds is 5. The second-order valence-corrected chi connectivity index (χ2v) is 5.48. The van der Waals surface area contributed by atoms with Gasteiger partial charge < -0.3 is 5.11 Å². The highest BCUT2D eigenvalue weighted by Gasteiger charge is 2.27. The molecule has 2 heterocycles. The number of aliphatic hydroxyl groups excluding tert-OH is 1. The van der Waals surface area contributed by atoms with E-state index in [4.69, 9.17) is 0 Å². The minimum Gasteiger partial charge on any atom is -0.387 e. The Bertz CT molecular complexity index is 575. The molecule has 1 aliphatic rings. The van der Waals surface area contributed by atoms with Gasteiger partial charge in [-0.15, -0.1) is 0 Å². The summed E-state index contributed by atoms with van der Waals surface area (Å²) in [6, 6.07) is 6.52. The number of β-amino-alcohol motifs (C(OH)–C–C–N with tert-alkyl or cyclic N) is 1. The molecule has 3 rings (SSSR count). The average molecular weight is 290 g/mol. The molecule has 0 saturated carbocycles. The first-order chi connectivity index (χ1) is 10.2. The van der Waals surface area contributed by atoms with Crippen LogP contribution in [0.5, 0.6) is 0 Å². The Balaban J connectivity index is 1.63. The van der Waals surface area contributed by atoms with E-state index in [1.54, 1.807) is 18.5 Å². The Hall–Kier alpha value is -1.79. The minimum atomic E-state index is -0.669. The molecule has 2 aromatic rings. The normalized spacial score (nSPS) is 20.8. The molecule has 2 unspecified atom stereocenters. The number of hydrogen-bond acceptors (Lipinski definition) is 4.